The first-order chi connectivity index (χ1) is 10.4. The lowest BCUT2D eigenvalue weighted by atomic mass is 10.0. The lowest BCUT2D eigenvalue weighted by Crippen LogP contribution is -2.29. The van der Waals surface area contributed by atoms with Crippen molar-refractivity contribution in [2.24, 2.45) is 0 Å². The highest BCUT2D eigenvalue weighted by Gasteiger charge is 2.20. The predicted molar refractivity (Wildman–Crippen MR) is 97.0 cm³/mol. The zero-order chi connectivity index (χ0) is 15.9. The molecule has 1 aromatic heterocycles. The van der Waals surface area contributed by atoms with Gasteiger partial charge in [-0.15, -0.1) is 11.3 Å². The molecule has 1 aliphatic rings. The monoisotopic (exact) mass is 378 g/mol. The lowest BCUT2D eigenvalue weighted by Gasteiger charge is -2.30. The summed E-state index contributed by atoms with van der Waals surface area (Å²) < 4.78 is 1.22. The Morgan fingerprint density at radius 1 is 1.27 bits per heavy atom. The quantitative estimate of drug-likeness (QED) is 0.824. The Balaban J connectivity index is 1.88. The number of hydrogen-bond donors (Lipinski definition) is 1. The number of rotatable bonds is 2. The second-order valence-electron chi connectivity index (χ2n) is 5.81. The number of aryl methyl sites for hydroxylation is 2. The van der Waals surface area contributed by atoms with Gasteiger partial charge < -0.3 is 10.2 Å². The molecule has 0 bridgehead atoms. The number of nitrogens with one attached hydrogen (secondary N) is 1. The smallest absolute Gasteiger partial charge is 0.221 e. The predicted octanol–water partition coefficient (Wildman–Crippen LogP) is 4.65. The molecule has 0 fully saturated rings. The summed E-state index contributed by atoms with van der Waals surface area (Å²) in [5.74, 6) is -0.0234. The van der Waals surface area contributed by atoms with Gasteiger partial charge in [0.1, 0.15) is 0 Å². The molecule has 0 atom stereocenters. The molecule has 22 heavy (non-hydrogen) atoms. The van der Waals surface area contributed by atoms with E-state index in [-0.39, 0.29) is 5.91 Å². The summed E-state index contributed by atoms with van der Waals surface area (Å²) in [5.41, 5.74) is 5.82. The number of halogens is 1. The minimum atomic E-state index is -0.0234. The molecule has 0 unspecified atom stereocenters. The third-order valence-corrected chi connectivity index (χ3v) is 5.76. The van der Waals surface area contributed by atoms with Crippen molar-refractivity contribution in [3.05, 3.63) is 43.6 Å². The maximum atomic E-state index is 11.3. The summed E-state index contributed by atoms with van der Waals surface area (Å²) in [7, 11) is 0. The van der Waals surface area contributed by atoms with Gasteiger partial charge in [-0.25, -0.2) is 0 Å². The Kier molecular flexibility index (Phi) is 4.28. The fourth-order valence-electron chi connectivity index (χ4n) is 3.01. The zero-order valence-electron chi connectivity index (χ0n) is 13.0. The molecule has 3 nitrogen and oxygen atoms in total. The van der Waals surface area contributed by atoms with Crippen LogP contribution in [0.25, 0.3) is 0 Å². The van der Waals surface area contributed by atoms with E-state index in [4.69, 9.17) is 0 Å². The Morgan fingerprint density at radius 3 is 2.59 bits per heavy atom. The molecule has 0 spiro atoms. The molecule has 1 aromatic carbocycles. The summed E-state index contributed by atoms with van der Waals surface area (Å²) in [5, 5.41) is 2.93. The molecule has 0 aliphatic carbocycles. The maximum Gasteiger partial charge on any atom is 0.221 e. The molecule has 2 heterocycles. The third kappa shape index (κ3) is 3.06. The largest absolute Gasteiger partial charge is 0.367 e. The first-order valence-corrected chi connectivity index (χ1v) is 8.96. The van der Waals surface area contributed by atoms with E-state index in [1.807, 2.05) is 11.3 Å². The van der Waals surface area contributed by atoms with Gasteiger partial charge in [-0.05, 0) is 71.1 Å². The molecule has 1 N–H and O–H groups in total. The summed E-state index contributed by atoms with van der Waals surface area (Å²) in [6.07, 6.45) is 1.09. The van der Waals surface area contributed by atoms with Crippen LogP contribution in [-0.2, 0) is 17.8 Å². The molecule has 2 aromatic rings. The van der Waals surface area contributed by atoms with Crippen LogP contribution < -0.4 is 10.2 Å². The van der Waals surface area contributed by atoms with Gasteiger partial charge in [0.25, 0.3) is 0 Å². The Hall–Kier alpha value is -1.33. The number of carbonyl (C=O) groups excluding carboxylic acids is 1. The van der Waals surface area contributed by atoms with Crippen LogP contribution in [0.1, 0.15) is 28.5 Å². The minimum absolute atomic E-state index is 0.0234. The number of amides is 1. The number of nitrogens with zero attached hydrogens (tertiary/aromatic N) is 1. The molecule has 1 amide bonds. The van der Waals surface area contributed by atoms with Gasteiger partial charge in [-0.3, -0.25) is 4.79 Å². The molecule has 116 valence electrons. The topological polar surface area (TPSA) is 32.3 Å². The normalized spacial score (nSPS) is 13.9. The van der Waals surface area contributed by atoms with Gasteiger partial charge in [0.15, 0.2) is 0 Å². The molecular weight excluding hydrogens is 360 g/mol. The number of fused-ring (bicyclic) bond motifs is 1. The van der Waals surface area contributed by atoms with Crippen molar-refractivity contribution < 1.29 is 4.79 Å². The number of thiophene rings is 1. The van der Waals surface area contributed by atoms with Crippen LogP contribution in [0.15, 0.2) is 22.0 Å². The van der Waals surface area contributed by atoms with Crippen molar-refractivity contribution >= 4 is 44.5 Å². The number of carbonyl (C=O) groups is 1. The van der Waals surface area contributed by atoms with Crippen LogP contribution in [-0.4, -0.2) is 12.5 Å². The van der Waals surface area contributed by atoms with E-state index in [1.165, 1.54) is 19.9 Å². The lowest BCUT2D eigenvalue weighted by molar-refractivity contribution is -0.114. The standard InChI is InChI=1S/C17H19BrN2OS/c1-10-6-14(7-11(2)17(10)19-12(3)21)20-5-4-15-13(9-20)8-16(18)22-15/h6-8H,4-5,9H2,1-3H3,(H,19,21). The average Bonchev–Trinajstić information content (AvgIpc) is 2.81. The Bertz CT molecular complexity index is 715. The van der Waals surface area contributed by atoms with Crippen molar-refractivity contribution in [3.63, 3.8) is 0 Å². The summed E-state index contributed by atoms with van der Waals surface area (Å²) in [6, 6.07) is 6.58. The highest BCUT2D eigenvalue weighted by Crippen LogP contribution is 2.35. The first-order valence-electron chi connectivity index (χ1n) is 7.35. The molecule has 1 aliphatic heterocycles. The van der Waals surface area contributed by atoms with Gasteiger partial charge in [0.2, 0.25) is 5.91 Å². The van der Waals surface area contributed by atoms with E-state index in [1.54, 1.807) is 6.92 Å². The third-order valence-electron chi connectivity index (χ3n) is 4.02. The van der Waals surface area contributed by atoms with Crippen molar-refractivity contribution in [1.29, 1.82) is 0 Å². The van der Waals surface area contributed by atoms with Crippen LogP contribution >= 0.6 is 27.3 Å². The molecule has 0 saturated carbocycles. The fraction of sp³-hybridized carbons (Fsp3) is 0.353. The van der Waals surface area contributed by atoms with E-state index < -0.39 is 0 Å². The van der Waals surface area contributed by atoms with Crippen LogP contribution in [0.5, 0.6) is 0 Å². The summed E-state index contributed by atoms with van der Waals surface area (Å²) in [4.78, 5) is 15.2. The summed E-state index contributed by atoms with van der Waals surface area (Å²) in [6.45, 7) is 7.65. The highest BCUT2D eigenvalue weighted by atomic mass is 79.9. The molecule has 5 heteroatoms. The van der Waals surface area contributed by atoms with E-state index in [0.29, 0.717) is 0 Å². The maximum absolute atomic E-state index is 11.3. The zero-order valence-corrected chi connectivity index (χ0v) is 15.4. The van der Waals surface area contributed by atoms with E-state index in [0.717, 1.165) is 36.3 Å². The highest BCUT2D eigenvalue weighted by molar-refractivity contribution is 9.11. The van der Waals surface area contributed by atoms with E-state index in [2.05, 4.69) is 58.2 Å². The number of hydrogen-bond acceptors (Lipinski definition) is 3. The van der Waals surface area contributed by atoms with Crippen molar-refractivity contribution in [1.82, 2.24) is 0 Å². The van der Waals surface area contributed by atoms with Gasteiger partial charge in [0.05, 0.1) is 3.79 Å². The van der Waals surface area contributed by atoms with Crippen LogP contribution in [0.2, 0.25) is 0 Å². The number of anilines is 2. The SMILES string of the molecule is CC(=O)Nc1c(C)cc(N2CCc3sc(Br)cc3C2)cc1C. The van der Waals surface area contributed by atoms with Crippen molar-refractivity contribution in [2.75, 3.05) is 16.8 Å². The number of benzene rings is 1. The van der Waals surface area contributed by atoms with Crippen LogP contribution in [0.3, 0.4) is 0 Å². The second kappa shape index (κ2) is 6.05. The van der Waals surface area contributed by atoms with E-state index >= 15 is 0 Å². The van der Waals surface area contributed by atoms with Gasteiger partial charge >= 0.3 is 0 Å². The Labute approximate surface area is 143 Å². The van der Waals surface area contributed by atoms with Gasteiger partial charge in [-0.2, -0.15) is 0 Å². The molecule has 3 rings (SSSR count). The van der Waals surface area contributed by atoms with Crippen LogP contribution in [0.4, 0.5) is 11.4 Å². The molecule has 0 saturated heterocycles. The minimum Gasteiger partial charge on any atom is -0.367 e. The van der Waals surface area contributed by atoms with Gasteiger partial charge in [-0.1, -0.05) is 0 Å². The second-order valence-corrected chi connectivity index (χ2v) is 8.32. The van der Waals surface area contributed by atoms with Gasteiger partial charge in [0, 0.05) is 36.3 Å². The van der Waals surface area contributed by atoms with E-state index in [9.17, 15) is 4.79 Å². The fourth-order valence-corrected chi connectivity index (χ4v) is 4.76. The van der Waals surface area contributed by atoms with Crippen LogP contribution in [0, 0.1) is 13.8 Å². The summed E-state index contributed by atoms with van der Waals surface area (Å²) >= 11 is 5.43. The average molecular weight is 379 g/mol. The van der Waals surface area contributed by atoms with Crippen molar-refractivity contribution in [2.45, 2.75) is 33.7 Å². The first kappa shape index (κ1) is 15.6. The van der Waals surface area contributed by atoms with Crippen molar-refractivity contribution in [3.8, 4) is 0 Å². The Morgan fingerprint density at radius 2 is 1.95 bits per heavy atom. The molecule has 0 radical (unpaired) electrons. The molecular formula is C17H19BrN2OS.